The molecule has 0 bridgehead atoms. The third-order valence-corrected chi connectivity index (χ3v) is 3.65. The van der Waals surface area contributed by atoms with Gasteiger partial charge in [0, 0.05) is 0 Å². The van der Waals surface area contributed by atoms with Crippen molar-refractivity contribution in [3.05, 3.63) is 0 Å². The van der Waals surface area contributed by atoms with Crippen molar-refractivity contribution < 1.29 is 24.3 Å². The van der Waals surface area contributed by atoms with Crippen LogP contribution in [0.1, 0.15) is 26.2 Å². The van der Waals surface area contributed by atoms with Gasteiger partial charge < -0.3 is 20.6 Å². The molecule has 0 aromatic rings. The minimum atomic E-state index is -4.11. The van der Waals surface area contributed by atoms with Crippen LogP contribution in [0.4, 0.5) is 0 Å². The van der Waals surface area contributed by atoms with E-state index in [4.69, 9.17) is 20.6 Å². The third-order valence-electron chi connectivity index (χ3n) is 2.08. The molecule has 6 nitrogen and oxygen atoms in total. The fraction of sp³-hybridized carbons (Fsp3) is 0.857. The summed E-state index contributed by atoms with van der Waals surface area (Å²) in [6.07, 6.45) is 0.532. The maximum atomic E-state index is 10.9. The van der Waals surface area contributed by atoms with Crippen LogP contribution in [0.15, 0.2) is 0 Å². The van der Waals surface area contributed by atoms with E-state index >= 15 is 0 Å². The second kappa shape index (κ2) is 5.46. The van der Waals surface area contributed by atoms with Gasteiger partial charge in [-0.05, 0) is 19.3 Å². The highest BCUT2D eigenvalue weighted by molar-refractivity contribution is 7.52. The van der Waals surface area contributed by atoms with Gasteiger partial charge in [0.1, 0.15) is 6.04 Å². The van der Waals surface area contributed by atoms with Crippen molar-refractivity contribution in [2.45, 2.75) is 37.9 Å². The van der Waals surface area contributed by atoms with Gasteiger partial charge in [0.05, 0.1) is 5.66 Å². The molecule has 0 fully saturated rings. The highest BCUT2D eigenvalue weighted by atomic mass is 31.2. The predicted octanol–water partition coefficient (Wildman–Crippen LogP) is 0.135. The molecule has 0 saturated heterocycles. The van der Waals surface area contributed by atoms with Crippen molar-refractivity contribution in [2.24, 2.45) is 5.73 Å². The number of hydrogen-bond acceptors (Lipinski definition) is 3. The van der Waals surface area contributed by atoms with Crippen molar-refractivity contribution >= 4 is 13.6 Å². The number of nitrogens with two attached hydrogens (primary N) is 1. The molecule has 0 aliphatic rings. The second-order valence-electron chi connectivity index (χ2n) is 3.17. The molecular formula is C7H16NO5P. The van der Waals surface area contributed by atoms with Gasteiger partial charge in [-0.2, -0.15) is 0 Å². The minimum Gasteiger partial charge on any atom is -0.480 e. The van der Waals surface area contributed by atoms with E-state index in [-0.39, 0.29) is 12.8 Å². The van der Waals surface area contributed by atoms with E-state index in [2.05, 4.69) is 0 Å². The van der Waals surface area contributed by atoms with Crippen LogP contribution in [0.2, 0.25) is 0 Å². The van der Waals surface area contributed by atoms with Gasteiger partial charge in [-0.1, -0.05) is 6.92 Å². The maximum absolute atomic E-state index is 10.9. The second-order valence-corrected chi connectivity index (χ2v) is 5.08. The first kappa shape index (κ1) is 13.6. The summed E-state index contributed by atoms with van der Waals surface area (Å²) in [5, 5.41) is 8.45. The molecule has 84 valence electrons. The summed E-state index contributed by atoms with van der Waals surface area (Å²) in [7, 11) is -4.11. The Bertz CT molecular complexity index is 238. The Kier molecular flexibility index (Phi) is 5.29. The molecule has 2 atom stereocenters. The molecule has 0 heterocycles. The molecule has 7 heteroatoms. The molecule has 0 amide bonds. The van der Waals surface area contributed by atoms with Crippen LogP contribution in [0.3, 0.4) is 0 Å². The van der Waals surface area contributed by atoms with Crippen molar-refractivity contribution in [3.63, 3.8) is 0 Å². The number of rotatable bonds is 6. The molecule has 0 spiro atoms. The van der Waals surface area contributed by atoms with E-state index in [0.29, 0.717) is 6.42 Å². The lowest BCUT2D eigenvalue weighted by molar-refractivity contribution is -0.138. The summed E-state index contributed by atoms with van der Waals surface area (Å²) in [5.41, 5.74) is 4.43. The highest BCUT2D eigenvalue weighted by Crippen LogP contribution is 2.45. The van der Waals surface area contributed by atoms with Crippen molar-refractivity contribution in [2.75, 3.05) is 0 Å². The quantitative estimate of drug-likeness (QED) is 0.477. The Labute approximate surface area is 82.3 Å². The molecule has 0 aliphatic carbocycles. The number of carboxylic acid groups (broad SMARTS) is 1. The average molecular weight is 225 g/mol. The normalized spacial score (nSPS) is 16.3. The van der Waals surface area contributed by atoms with Crippen LogP contribution in [0.25, 0.3) is 0 Å². The predicted molar refractivity (Wildman–Crippen MR) is 51.0 cm³/mol. The zero-order valence-corrected chi connectivity index (χ0v) is 8.85. The Morgan fingerprint density at radius 2 is 1.93 bits per heavy atom. The van der Waals surface area contributed by atoms with E-state index in [1.54, 1.807) is 6.92 Å². The molecule has 5 N–H and O–H groups in total. The van der Waals surface area contributed by atoms with Gasteiger partial charge >= 0.3 is 13.6 Å². The minimum absolute atomic E-state index is 0.0823. The van der Waals surface area contributed by atoms with Gasteiger partial charge in [0.15, 0.2) is 0 Å². The standard InChI is InChI=1S/C7H16NO5P/c1-2-5(14(11,12)13)3-4-6(8)7(9)10/h5-6H,2-4,8H2,1H3,(H,9,10)(H2,11,12,13). The van der Waals surface area contributed by atoms with E-state index in [1.807, 2.05) is 0 Å². The van der Waals surface area contributed by atoms with E-state index in [0.717, 1.165) is 0 Å². The van der Waals surface area contributed by atoms with E-state index < -0.39 is 25.3 Å². The van der Waals surface area contributed by atoms with Crippen molar-refractivity contribution in [1.82, 2.24) is 0 Å². The zero-order valence-electron chi connectivity index (χ0n) is 7.96. The first-order valence-corrected chi connectivity index (χ1v) is 6.00. The number of hydrogen-bond donors (Lipinski definition) is 4. The van der Waals surface area contributed by atoms with Crippen LogP contribution in [-0.2, 0) is 9.36 Å². The lowest BCUT2D eigenvalue weighted by Gasteiger charge is -2.17. The lowest BCUT2D eigenvalue weighted by atomic mass is 10.1. The summed E-state index contributed by atoms with van der Waals surface area (Å²) in [6.45, 7) is 1.65. The van der Waals surface area contributed by atoms with Crippen LogP contribution in [0.5, 0.6) is 0 Å². The first-order chi connectivity index (χ1) is 6.29. The molecule has 14 heavy (non-hydrogen) atoms. The van der Waals surface area contributed by atoms with Gasteiger partial charge in [0.2, 0.25) is 0 Å². The highest BCUT2D eigenvalue weighted by Gasteiger charge is 2.27. The van der Waals surface area contributed by atoms with Gasteiger partial charge in [-0.3, -0.25) is 9.36 Å². The van der Waals surface area contributed by atoms with Crippen molar-refractivity contribution in [1.29, 1.82) is 0 Å². The fourth-order valence-corrected chi connectivity index (χ4v) is 2.07. The third kappa shape index (κ3) is 4.72. The Morgan fingerprint density at radius 1 is 1.43 bits per heavy atom. The molecular weight excluding hydrogens is 209 g/mol. The fourth-order valence-electron chi connectivity index (χ4n) is 1.11. The first-order valence-electron chi connectivity index (χ1n) is 4.32. The van der Waals surface area contributed by atoms with Crippen LogP contribution in [-0.4, -0.2) is 32.6 Å². The molecule has 0 rings (SSSR count). The molecule has 0 radical (unpaired) electrons. The molecule has 0 saturated carbocycles. The maximum Gasteiger partial charge on any atom is 0.328 e. The SMILES string of the molecule is CCC(CCC(N)C(=O)O)P(=O)(O)O. The van der Waals surface area contributed by atoms with Crippen LogP contribution < -0.4 is 5.73 Å². The Balaban J connectivity index is 4.10. The summed E-state index contributed by atoms with van der Waals surface area (Å²) in [4.78, 5) is 28.0. The Morgan fingerprint density at radius 3 is 2.21 bits per heavy atom. The summed E-state index contributed by atoms with van der Waals surface area (Å²) < 4.78 is 10.9. The summed E-state index contributed by atoms with van der Waals surface area (Å²) in [6, 6.07) is -1.05. The Hall–Kier alpha value is -0.420. The zero-order chi connectivity index (χ0) is 11.4. The van der Waals surface area contributed by atoms with E-state index in [1.165, 1.54) is 0 Å². The van der Waals surface area contributed by atoms with Crippen LogP contribution >= 0.6 is 7.60 Å². The smallest absolute Gasteiger partial charge is 0.328 e. The lowest BCUT2D eigenvalue weighted by Crippen LogP contribution is -2.31. The topological polar surface area (TPSA) is 121 Å². The monoisotopic (exact) mass is 225 g/mol. The number of carboxylic acids is 1. The van der Waals surface area contributed by atoms with Gasteiger partial charge in [0.25, 0.3) is 0 Å². The van der Waals surface area contributed by atoms with Crippen LogP contribution in [0, 0.1) is 0 Å². The summed E-state index contributed by atoms with van der Waals surface area (Å²) >= 11 is 0. The summed E-state index contributed by atoms with van der Waals surface area (Å²) in [5.74, 6) is -1.15. The number of aliphatic carboxylic acids is 1. The molecule has 2 unspecified atom stereocenters. The average Bonchev–Trinajstić information content (AvgIpc) is 2.02. The van der Waals surface area contributed by atoms with E-state index in [9.17, 15) is 9.36 Å². The van der Waals surface area contributed by atoms with Gasteiger partial charge in [-0.25, -0.2) is 0 Å². The molecule has 0 aromatic carbocycles. The number of carbonyl (C=O) groups is 1. The van der Waals surface area contributed by atoms with Gasteiger partial charge in [-0.15, -0.1) is 0 Å². The molecule has 0 aromatic heterocycles. The largest absolute Gasteiger partial charge is 0.480 e. The molecule has 0 aliphatic heterocycles. The van der Waals surface area contributed by atoms with Crippen molar-refractivity contribution in [3.8, 4) is 0 Å².